The molecule has 0 spiro atoms. The molecule has 4 rings (SSSR count). The molecule has 3 aromatic rings. The third kappa shape index (κ3) is 6.19. The van der Waals surface area contributed by atoms with Crippen LogP contribution in [0.2, 0.25) is 0 Å². The van der Waals surface area contributed by atoms with Crippen LogP contribution in [0, 0.1) is 17.8 Å². The lowest BCUT2D eigenvalue weighted by Crippen LogP contribution is -2.30. The van der Waals surface area contributed by atoms with Crippen LogP contribution in [0.15, 0.2) is 42.5 Å². The molecular formula is C30H43N3O2. The monoisotopic (exact) mass is 477 g/mol. The molecule has 3 atom stereocenters. The Kier molecular flexibility index (Phi) is 7.46. The molecule has 0 saturated heterocycles. The molecule has 2 aromatic carbocycles. The molecule has 1 fully saturated rings. The number of aromatic nitrogens is 2. The summed E-state index contributed by atoms with van der Waals surface area (Å²) in [5.74, 6) is 3.68. The van der Waals surface area contributed by atoms with Crippen molar-refractivity contribution in [3.05, 3.63) is 48.0 Å². The van der Waals surface area contributed by atoms with Crippen LogP contribution < -0.4 is 10.1 Å². The van der Waals surface area contributed by atoms with E-state index in [2.05, 4.69) is 61.0 Å². The van der Waals surface area contributed by atoms with Gasteiger partial charge in [0.1, 0.15) is 5.75 Å². The van der Waals surface area contributed by atoms with Gasteiger partial charge in [-0.15, -0.1) is 0 Å². The number of imidazole rings is 1. The standard InChI is InChI=1S/C30H43N3O2/c1-19(2)25-14-8-21(5)16-28(25)33-27-15-9-22(18-30(6,7)34)17-26(27)32-29(33)31-23-10-12-24(13-11-23)35-20(3)4/h9-13,15,17,19-21,25,28,34H,8,14,16,18H2,1-7H3,(H,31,32)/t21-,25+,28-/m1/s1. The van der Waals surface area contributed by atoms with E-state index in [-0.39, 0.29) is 6.10 Å². The van der Waals surface area contributed by atoms with Crippen molar-refractivity contribution in [1.82, 2.24) is 9.55 Å². The summed E-state index contributed by atoms with van der Waals surface area (Å²) in [6.07, 6.45) is 4.46. The Bertz CT molecular complexity index is 1120. The van der Waals surface area contributed by atoms with Crippen LogP contribution in [0.3, 0.4) is 0 Å². The summed E-state index contributed by atoms with van der Waals surface area (Å²) >= 11 is 0. The van der Waals surface area contributed by atoms with E-state index >= 15 is 0 Å². The number of nitrogens with zero attached hydrogens (tertiary/aromatic N) is 2. The summed E-state index contributed by atoms with van der Waals surface area (Å²) in [5, 5.41) is 14.0. The summed E-state index contributed by atoms with van der Waals surface area (Å²) in [4.78, 5) is 5.10. The first-order chi connectivity index (χ1) is 16.5. The fourth-order valence-electron chi connectivity index (χ4n) is 5.64. The molecule has 2 N–H and O–H groups in total. The summed E-state index contributed by atoms with van der Waals surface area (Å²) in [5.41, 5.74) is 3.50. The van der Waals surface area contributed by atoms with Crippen molar-refractivity contribution < 1.29 is 9.84 Å². The Morgan fingerprint density at radius 2 is 1.80 bits per heavy atom. The first-order valence-corrected chi connectivity index (χ1v) is 13.3. The zero-order chi connectivity index (χ0) is 25.3. The Morgan fingerprint density at radius 3 is 2.43 bits per heavy atom. The molecule has 5 heteroatoms. The number of anilines is 2. The number of hydrogen-bond donors (Lipinski definition) is 2. The SMILES string of the molecule is CC(C)Oc1ccc(Nc2nc3cc(CC(C)(C)O)ccc3n2[C@@H]2C[C@H](C)CC[C@H]2C(C)C)cc1. The van der Waals surface area contributed by atoms with Crippen LogP contribution in [0.5, 0.6) is 5.75 Å². The van der Waals surface area contributed by atoms with Gasteiger partial charge in [-0.3, -0.25) is 0 Å². The minimum absolute atomic E-state index is 0.150. The van der Waals surface area contributed by atoms with E-state index in [1.165, 1.54) is 12.8 Å². The van der Waals surface area contributed by atoms with Gasteiger partial charge < -0.3 is 19.7 Å². The first kappa shape index (κ1) is 25.6. The maximum atomic E-state index is 10.4. The van der Waals surface area contributed by atoms with Gasteiger partial charge in [-0.1, -0.05) is 33.3 Å². The predicted molar refractivity (Wildman–Crippen MR) is 146 cm³/mol. The molecule has 0 radical (unpaired) electrons. The minimum atomic E-state index is -0.751. The van der Waals surface area contributed by atoms with E-state index in [1.807, 2.05) is 39.8 Å². The van der Waals surface area contributed by atoms with Crippen LogP contribution in [-0.2, 0) is 6.42 Å². The van der Waals surface area contributed by atoms with Crippen LogP contribution in [0.4, 0.5) is 11.6 Å². The third-order valence-corrected chi connectivity index (χ3v) is 7.19. The molecule has 1 aromatic heterocycles. The van der Waals surface area contributed by atoms with E-state index in [9.17, 15) is 5.11 Å². The van der Waals surface area contributed by atoms with Crippen LogP contribution >= 0.6 is 0 Å². The van der Waals surface area contributed by atoms with Gasteiger partial charge in [0, 0.05) is 18.2 Å². The average molecular weight is 478 g/mol. The Morgan fingerprint density at radius 1 is 1.09 bits per heavy atom. The fraction of sp³-hybridized carbons (Fsp3) is 0.567. The zero-order valence-electron chi connectivity index (χ0n) is 22.5. The molecule has 0 unspecified atom stereocenters. The number of ether oxygens (including phenoxy) is 1. The molecule has 1 heterocycles. The number of benzene rings is 2. The highest BCUT2D eigenvalue weighted by Gasteiger charge is 2.34. The molecule has 1 aliphatic rings. The molecule has 0 bridgehead atoms. The number of aliphatic hydroxyl groups is 1. The lowest BCUT2D eigenvalue weighted by molar-refractivity contribution is 0.0810. The van der Waals surface area contributed by atoms with E-state index < -0.39 is 5.60 Å². The topological polar surface area (TPSA) is 59.3 Å². The van der Waals surface area contributed by atoms with Crippen molar-refractivity contribution in [3.8, 4) is 5.75 Å². The van der Waals surface area contributed by atoms with Crippen molar-refractivity contribution in [2.45, 2.75) is 91.9 Å². The summed E-state index contributed by atoms with van der Waals surface area (Å²) < 4.78 is 8.28. The van der Waals surface area contributed by atoms with Crippen molar-refractivity contribution in [2.75, 3.05) is 5.32 Å². The largest absolute Gasteiger partial charge is 0.491 e. The van der Waals surface area contributed by atoms with Crippen molar-refractivity contribution >= 4 is 22.7 Å². The number of rotatable bonds is 8. The van der Waals surface area contributed by atoms with Crippen LogP contribution in [0.1, 0.15) is 79.3 Å². The maximum absolute atomic E-state index is 10.4. The molecular weight excluding hydrogens is 434 g/mol. The van der Waals surface area contributed by atoms with Gasteiger partial charge in [0.15, 0.2) is 0 Å². The zero-order valence-corrected chi connectivity index (χ0v) is 22.5. The van der Waals surface area contributed by atoms with Gasteiger partial charge in [0.25, 0.3) is 0 Å². The highest BCUT2D eigenvalue weighted by molar-refractivity contribution is 5.81. The van der Waals surface area contributed by atoms with Gasteiger partial charge in [-0.25, -0.2) is 4.98 Å². The van der Waals surface area contributed by atoms with Gasteiger partial charge in [-0.2, -0.15) is 0 Å². The summed E-state index contributed by atoms with van der Waals surface area (Å²) in [7, 11) is 0. The van der Waals surface area contributed by atoms with Gasteiger partial charge >= 0.3 is 0 Å². The molecule has 0 amide bonds. The maximum Gasteiger partial charge on any atom is 0.208 e. The number of nitrogens with one attached hydrogen (secondary N) is 1. The Labute approximate surface area is 210 Å². The van der Waals surface area contributed by atoms with Crippen LogP contribution in [-0.4, -0.2) is 26.4 Å². The van der Waals surface area contributed by atoms with E-state index in [0.29, 0.717) is 30.2 Å². The molecule has 1 saturated carbocycles. The van der Waals surface area contributed by atoms with E-state index in [0.717, 1.165) is 40.4 Å². The van der Waals surface area contributed by atoms with Gasteiger partial charge in [0.2, 0.25) is 5.95 Å². The average Bonchev–Trinajstić information content (AvgIpc) is 3.10. The predicted octanol–water partition coefficient (Wildman–Crippen LogP) is 7.51. The number of fused-ring (bicyclic) bond motifs is 1. The number of hydrogen-bond acceptors (Lipinski definition) is 4. The lowest BCUT2D eigenvalue weighted by atomic mass is 9.74. The molecule has 1 aliphatic carbocycles. The molecule has 35 heavy (non-hydrogen) atoms. The second-order valence-electron chi connectivity index (χ2n) is 11.8. The van der Waals surface area contributed by atoms with E-state index in [1.54, 1.807) is 0 Å². The minimum Gasteiger partial charge on any atom is -0.491 e. The third-order valence-electron chi connectivity index (χ3n) is 7.19. The summed E-state index contributed by atoms with van der Waals surface area (Å²) in [6, 6.07) is 15.0. The normalized spacial score (nSPS) is 21.1. The quantitative estimate of drug-likeness (QED) is 0.352. The van der Waals surface area contributed by atoms with Crippen LogP contribution in [0.25, 0.3) is 11.0 Å². The molecule has 0 aliphatic heterocycles. The van der Waals surface area contributed by atoms with Gasteiger partial charge in [-0.05, 0) is 100 Å². The molecule has 190 valence electrons. The first-order valence-electron chi connectivity index (χ1n) is 13.3. The smallest absolute Gasteiger partial charge is 0.208 e. The highest BCUT2D eigenvalue weighted by Crippen LogP contribution is 2.44. The Balaban J connectivity index is 1.76. The van der Waals surface area contributed by atoms with Crippen molar-refractivity contribution in [1.29, 1.82) is 0 Å². The molecule has 5 nitrogen and oxygen atoms in total. The fourth-order valence-corrected chi connectivity index (χ4v) is 5.64. The van der Waals surface area contributed by atoms with Crippen molar-refractivity contribution in [3.63, 3.8) is 0 Å². The second kappa shape index (κ2) is 10.2. The lowest BCUT2D eigenvalue weighted by Gasteiger charge is -2.39. The Hall–Kier alpha value is -2.53. The van der Waals surface area contributed by atoms with Gasteiger partial charge in [0.05, 0.1) is 22.7 Å². The van der Waals surface area contributed by atoms with E-state index in [4.69, 9.17) is 9.72 Å². The second-order valence-corrected chi connectivity index (χ2v) is 11.8. The van der Waals surface area contributed by atoms with Crippen molar-refractivity contribution in [2.24, 2.45) is 17.8 Å². The summed E-state index contributed by atoms with van der Waals surface area (Å²) in [6.45, 7) is 14.9. The highest BCUT2D eigenvalue weighted by atomic mass is 16.5.